The first kappa shape index (κ1) is 18.3. The van der Waals surface area contributed by atoms with Gasteiger partial charge in [0.15, 0.2) is 6.20 Å². The van der Waals surface area contributed by atoms with E-state index in [2.05, 4.69) is 9.88 Å². The number of pyridine rings is 1. The van der Waals surface area contributed by atoms with E-state index in [1.807, 2.05) is 55.6 Å². The fraction of sp³-hybridized carbons (Fsp3) is 0.304. The molecule has 0 radical (unpaired) electrons. The molecule has 1 aliphatic rings. The summed E-state index contributed by atoms with van der Waals surface area (Å²) in [5.41, 5.74) is 3.32. The number of benzene rings is 2. The molecule has 0 unspecified atom stereocenters. The minimum Gasteiger partial charge on any atom is -0.497 e. The second-order valence-electron chi connectivity index (χ2n) is 6.94. The minimum atomic E-state index is 0.00548. The second kappa shape index (κ2) is 7.89. The van der Waals surface area contributed by atoms with Crippen LogP contribution in [0.1, 0.15) is 35.7 Å². The van der Waals surface area contributed by atoms with Crippen LogP contribution in [-0.4, -0.2) is 32.6 Å². The van der Waals surface area contributed by atoms with Crippen LogP contribution < -0.4 is 19.4 Å². The van der Waals surface area contributed by atoms with Crippen LogP contribution in [0.25, 0.3) is 10.9 Å². The second-order valence-corrected chi connectivity index (χ2v) is 6.94. The summed E-state index contributed by atoms with van der Waals surface area (Å²) >= 11 is 0. The van der Waals surface area contributed by atoms with Crippen molar-refractivity contribution in [3.8, 4) is 11.5 Å². The topological polar surface area (TPSA) is 52.9 Å². The number of nitrogens with one attached hydrogen (secondary N) is 1. The number of hydrogen-bond donors (Lipinski definition) is 0. The Bertz CT molecular complexity index is 993. The highest BCUT2D eigenvalue weighted by molar-refractivity contribution is 6.15. The summed E-state index contributed by atoms with van der Waals surface area (Å²) in [6.07, 6.45) is 4.11. The van der Waals surface area contributed by atoms with Gasteiger partial charge in [-0.1, -0.05) is 0 Å². The number of aromatic amines is 1. The third kappa shape index (κ3) is 3.40. The number of H-pyrrole nitrogens is 1. The number of methoxy groups -OCH3 is 1. The number of aromatic nitrogens is 1. The van der Waals surface area contributed by atoms with Gasteiger partial charge in [0.1, 0.15) is 17.1 Å². The van der Waals surface area contributed by atoms with E-state index in [0.29, 0.717) is 17.7 Å². The molecule has 0 amide bonds. The molecule has 1 fully saturated rings. The third-order valence-corrected chi connectivity index (χ3v) is 5.20. The normalized spacial score (nSPS) is 13.7. The van der Waals surface area contributed by atoms with Gasteiger partial charge < -0.3 is 14.4 Å². The van der Waals surface area contributed by atoms with Crippen molar-refractivity contribution in [2.24, 2.45) is 0 Å². The maximum atomic E-state index is 13.4. The minimum absolute atomic E-state index is 0.00548. The van der Waals surface area contributed by atoms with Crippen molar-refractivity contribution in [2.45, 2.75) is 19.8 Å². The van der Waals surface area contributed by atoms with Crippen LogP contribution in [0.15, 0.2) is 48.7 Å². The monoisotopic (exact) mass is 377 g/mol. The Kier molecular flexibility index (Phi) is 5.15. The molecule has 5 nitrogen and oxygen atoms in total. The lowest BCUT2D eigenvalue weighted by molar-refractivity contribution is -0.344. The lowest BCUT2D eigenvalue weighted by Crippen LogP contribution is -2.24. The van der Waals surface area contributed by atoms with Gasteiger partial charge in [-0.3, -0.25) is 4.79 Å². The molecule has 28 heavy (non-hydrogen) atoms. The lowest BCUT2D eigenvalue weighted by atomic mass is 9.99. The summed E-state index contributed by atoms with van der Waals surface area (Å²) in [6, 6.07) is 13.3. The molecule has 0 spiro atoms. The molecule has 0 saturated carbocycles. The zero-order valence-electron chi connectivity index (χ0n) is 16.3. The van der Waals surface area contributed by atoms with Crippen molar-refractivity contribution in [2.75, 3.05) is 31.7 Å². The zero-order chi connectivity index (χ0) is 19.5. The Hall–Kier alpha value is -3.08. The first-order valence-electron chi connectivity index (χ1n) is 9.76. The highest BCUT2D eigenvalue weighted by Crippen LogP contribution is 2.34. The highest BCUT2D eigenvalue weighted by atomic mass is 16.5. The Balaban J connectivity index is 1.82. The largest absolute Gasteiger partial charge is 0.497 e. The predicted molar refractivity (Wildman–Crippen MR) is 110 cm³/mol. The number of carbonyl (C=O) groups excluding carboxylic acids is 1. The number of hydrogen-bond acceptors (Lipinski definition) is 4. The van der Waals surface area contributed by atoms with Crippen molar-refractivity contribution in [3.63, 3.8) is 0 Å². The van der Waals surface area contributed by atoms with Gasteiger partial charge in [-0.2, -0.15) is 0 Å². The average Bonchev–Trinajstić information content (AvgIpc) is 3.27. The van der Waals surface area contributed by atoms with Crippen molar-refractivity contribution < 1.29 is 19.3 Å². The van der Waals surface area contributed by atoms with Crippen LogP contribution in [0.5, 0.6) is 11.5 Å². The first-order chi connectivity index (χ1) is 13.7. The summed E-state index contributed by atoms with van der Waals surface area (Å²) in [7, 11) is 1.66. The molecular weight excluding hydrogens is 352 g/mol. The van der Waals surface area contributed by atoms with Gasteiger partial charge >= 0.3 is 0 Å². The van der Waals surface area contributed by atoms with Gasteiger partial charge in [0.2, 0.25) is 11.3 Å². The molecule has 0 bridgehead atoms. The van der Waals surface area contributed by atoms with E-state index in [4.69, 9.17) is 9.47 Å². The Morgan fingerprint density at radius 1 is 1.07 bits per heavy atom. The molecule has 0 atom stereocenters. The average molecular weight is 377 g/mol. The predicted octanol–water partition coefficient (Wildman–Crippen LogP) is 3.89. The van der Waals surface area contributed by atoms with E-state index < -0.39 is 0 Å². The Morgan fingerprint density at radius 2 is 1.79 bits per heavy atom. The fourth-order valence-corrected chi connectivity index (χ4v) is 3.81. The van der Waals surface area contributed by atoms with E-state index >= 15 is 0 Å². The smallest absolute Gasteiger partial charge is 0.213 e. The van der Waals surface area contributed by atoms with Crippen LogP contribution in [0.2, 0.25) is 0 Å². The molecule has 144 valence electrons. The number of ether oxygens (including phenoxy) is 2. The molecule has 2 aromatic carbocycles. The number of ketones is 1. The van der Waals surface area contributed by atoms with Crippen LogP contribution in [0, 0.1) is 0 Å². The summed E-state index contributed by atoms with van der Waals surface area (Å²) in [5, 5.41) is 1.01. The number of nitrogens with zero attached hydrogens (tertiary/aromatic N) is 1. The van der Waals surface area contributed by atoms with Crippen molar-refractivity contribution in [1.29, 1.82) is 0 Å². The van der Waals surface area contributed by atoms with Gasteiger partial charge in [-0.05, 0) is 56.2 Å². The highest BCUT2D eigenvalue weighted by Gasteiger charge is 2.26. The SMILES string of the molecule is CCOc1ccc(C(=O)c2c[nH+]c3ccc(OC)cc3c2N2CCCC2)cc1. The van der Waals surface area contributed by atoms with E-state index in [-0.39, 0.29) is 5.78 Å². The lowest BCUT2D eigenvalue weighted by Gasteiger charge is -2.21. The summed E-state index contributed by atoms with van der Waals surface area (Å²) < 4.78 is 10.9. The van der Waals surface area contributed by atoms with Gasteiger partial charge in [-0.15, -0.1) is 0 Å². The standard InChI is InChI=1S/C23H24N2O3/c1-3-28-17-8-6-16(7-9-17)23(26)20-15-24-21-11-10-18(27-2)14-19(21)22(20)25-12-4-5-13-25/h6-11,14-15H,3-5,12-13H2,1-2H3/p+1. The van der Waals surface area contributed by atoms with Crippen molar-refractivity contribution in [1.82, 2.24) is 0 Å². The quantitative estimate of drug-likeness (QED) is 0.612. The maximum absolute atomic E-state index is 13.4. The van der Waals surface area contributed by atoms with Crippen LogP contribution >= 0.6 is 0 Å². The molecule has 3 aromatic rings. The van der Waals surface area contributed by atoms with Gasteiger partial charge in [0, 0.05) is 24.7 Å². The molecule has 4 rings (SSSR count). The number of rotatable bonds is 6. The summed E-state index contributed by atoms with van der Waals surface area (Å²) in [6.45, 7) is 4.47. The first-order valence-corrected chi connectivity index (χ1v) is 9.76. The number of fused-ring (bicyclic) bond motifs is 1. The van der Waals surface area contributed by atoms with Gasteiger partial charge in [0.05, 0.1) is 24.8 Å². The fourth-order valence-electron chi connectivity index (χ4n) is 3.81. The molecule has 2 heterocycles. The molecule has 1 aromatic heterocycles. The molecule has 0 aliphatic carbocycles. The molecule has 1 aliphatic heterocycles. The van der Waals surface area contributed by atoms with E-state index in [1.165, 1.54) is 0 Å². The number of carbonyl (C=O) groups is 1. The van der Waals surface area contributed by atoms with E-state index in [0.717, 1.165) is 54.0 Å². The summed E-state index contributed by atoms with van der Waals surface area (Å²) in [5.74, 6) is 1.56. The third-order valence-electron chi connectivity index (χ3n) is 5.20. The van der Waals surface area contributed by atoms with Crippen molar-refractivity contribution >= 4 is 22.4 Å². The Morgan fingerprint density at radius 3 is 2.46 bits per heavy atom. The van der Waals surface area contributed by atoms with Crippen LogP contribution in [0.3, 0.4) is 0 Å². The van der Waals surface area contributed by atoms with E-state index in [9.17, 15) is 4.79 Å². The molecule has 5 heteroatoms. The zero-order valence-corrected chi connectivity index (χ0v) is 16.3. The van der Waals surface area contributed by atoms with Gasteiger partial charge in [-0.25, -0.2) is 4.98 Å². The van der Waals surface area contributed by atoms with Gasteiger partial charge in [0.25, 0.3) is 0 Å². The maximum Gasteiger partial charge on any atom is 0.213 e. The Labute approximate surface area is 164 Å². The van der Waals surface area contributed by atoms with Crippen LogP contribution in [-0.2, 0) is 0 Å². The van der Waals surface area contributed by atoms with E-state index in [1.54, 1.807) is 7.11 Å². The molecule has 1 saturated heterocycles. The number of anilines is 1. The van der Waals surface area contributed by atoms with Crippen LogP contribution in [0.4, 0.5) is 5.69 Å². The molecule has 1 N–H and O–H groups in total. The van der Waals surface area contributed by atoms with Crippen molar-refractivity contribution in [3.05, 3.63) is 59.8 Å². The molecular formula is C23H25N2O3+. The summed E-state index contributed by atoms with van der Waals surface area (Å²) in [4.78, 5) is 19.0.